The molecule has 374 valence electrons. The van der Waals surface area contributed by atoms with Gasteiger partial charge in [0, 0.05) is 67.0 Å². The monoisotopic (exact) mass is 1020 g/mol. The topological polar surface area (TPSA) is 16.3 Å². The van der Waals surface area contributed by atoms with Crippen molar-refractivity contribution in [2.45, 2.75) is 0 Å². The molecule has 80 heavy (non-hydrogen) atoms. The van der Waals surface area contributed by atoms with E-state index in [4.69, 9.17) is 0 Å². The van der Waals surface area contributed by atoms with Gasteiger partial charge in [-0.25, -0.2) is 0 Å². The van der Waals surface area contributed by atoms with Crippen molar-refractivity contribution >= 4 is 99.3 Å². The first-order valence-corrected chi connectivity index (χ1v) is 27.5. The van der Waals surface area contributed by atoms with Gasteiger partial charge in [0.15, 0.2) is 0 Å². The van der Waals surface area contributed by atoms with Crippen LogP contribution in [0.25, 0.3) is 110 Å². The van der Waals surface area contributed by atoms with Crippen molar-refractivity contribution in [2.75, 3.05) is 9.80 Å². The molecule has 0 saturated heterocycles. The molecule has 0 spiro atoms. The van der Waals surface area contributed by atoms with E-state index in [1.807, 2.05) is 0 Å². The number of benzene rings is 14. The lowest BCUT2D eigenvalue weighted by Crippen LogP contribution is -2.10. The summed E-state index contributed by atoms with van der Waals surface area (Å²) < 4.78 is 4.87. The van der Waals surface area contributed by atoms with Crippen LogP contribution < -0.4 is 9.80 Å². The molecule has 16 aromatic rings. The molecule has 0 aliphatic heterocycles. The second-order valence-corrected chi connectivity index (χ2v) is 20.9. The smallest absolute Gasteiger partial charge is 0.0568 e. The summed E-state index contributed by atoms with van der Waals surface area (Å²) in [6.45, 7) is 0. The Balaban J connectivity index is 0.809. The van der Waals surface area contributed by atoms with Crippen LogP contribution in [0.1, 0.15) is 0 Å². The fraction of sp³-hybridized carbons (Fsp3) is 0. The van der Waals surface area contributed by atoms with E-state index in [0.717, 1.165) is 56.6 Å². The first-order valence-electron chi connectivity index (χ1n) is 27.5. The number of nitrogens with zero attached hydrogens (tertiary/aromatic N) is 4. The van der Waals surface area contributed by atoms with Crippen LogP contribution >= 0.6 is 0 Å². The highest BCUT2D eigenvalue weighted by molar-refractivity contribution is 6.26. The van der Waals surface area contributed by atoms with Crippen LogP contribution in [-0.4, -0.2) is 9.13 Å². The molecular formula is C76H50N4. The highest BCUT2D eigenvalue weighted by Crippen LogP contribution is 2.47. The number of anilines is 6. The van der Waals surface area contributed by atoms with Crippen molar-refractivity contribution in [2.24, 2.45) is 0 Å². The summed E-state index contributed by atoms with van der Waals surface area (Å²) in [6.07, 6.45) is 0. The van der Waals surface area contributed by atoms with E-state index in [9.17, 15) is 0 Å². The molecule has 0 saturated carbocycles. The van der Waals surface area contributed by atoms with Gasteiger partial charge in [0.25, 0.3) is 0 Å². The van der Waals surface area contributed by atoms with E-state index in [2.05, 4.69) is 322 Å². The van der Waals surface area contributed by atoms with Crippen molar-refractivity contribution in [3.05, 3.63) is 303 Å². The number of aromatic nitrogens is 2. The molecule has 14 aromatic carbocycles. The molecule has 2 heterocycles. The average molecular weight is 1020 g/mol. The van der Waals surface area contributed by atoms with Crippen LogP contribution in [-0.2, 0) is 0 Å². The minimum atomic E-state index is 1.07. The second-order valence-electron chi connectivity index (χ2n) is 20.9. The van der Waals surface area contributed by atoms with Crippen molar-refractivity contribution in [1.82, 2.24) is 9.13 Å². The lowest BCUT2D eigenvalue weighted by molar-refractivity contribution is 1.18. The first kappa shape index (κ1) is 45.5. The predicted molar refractivity (Wildman–Crippen MR) is 338 cm³/mol. The SMILES string of the molecule is c1ccc(-c2ccc(N(c3ccc(-c4ccc(N(c5ccc(-c6ccccc6)cc5)c5cc6ccc7cccc8c7c6c(c5)n8-c5ccccc5)cc4)cc3)c3cc4ccc5cccc6c5c4c(c3)n6-c3ccccc3)cc2)cc1. The van der Waals surface area contributed by atoms with E-state index in [-0.39, 0.29) is 0 Å². The lowest BCUT2D eigenvalue weighted by Gasteiger charge is -2.27. The number of hydrogen-bond acceptors (Lipinski definition) is 2. The summed E-state index contributed by atoms with van der Waals surface area (Å²) in [5, 5.41) is 10.1. The maximum absolute atomic E-state index is 2.43. The maximum Gasteiger partial charge on any atom is 0.0568 e. The Bertz CT molecular complexity index is 4560. The second kappa shape index (κ2) is 18.5. The van der Waals surface area contributed by atoms with Crippen molar-refractivity contribution in [3.63, 3.8) is 0 Å². The zero-order chi connectivity index (χ0) is 52.7. The molecule has 0 aliphatic carbocycles. The Labute approximate surface area is 463 Å². The minimum Gasteiger partial charge on any atom is -0.310 e. The Morgan fingerprint density at radius 2 is 0.475 bits per heavy atom. The third-order valence-electron chi connectivity index (χ3n) is 16.4. The van der Waals surface area contributed by atoms with E-state index in [1.54, 1.807) is 0 Å². The molecule has 0 amide bonds. The van der Waals surface area contributed by atoms with Gasteiger partial charge in [-0.15, -0.1) is 0 Å². The summed E-state index contributed by atoms with van der Waals surface area (Å²) in [6, 6.07) is 111. The summed E-state index contributed by atoms with van der Waals surface area (Å²) in [5.41, 5.74) is 20.6. The van der Waals surface area contributed by atoms with Gasteiger partial charge >= 0.3 is 0 Å². The van der Waals surface area contributed by atoms with Gasteiger partial charge in [-0.05, 0) is 164 Å². The highest BCUT2D eigenvalue weighted by Gasteiger charge is 2.24. The zero-order valence-corrected chi connectivity index (χ0v) is 43.7. The summed E-state index contributed by atoms with van der Waals surface area (Å²) in [5.74, 6) is 0. The molecule has 0 aliphatic rings. The zero-order valence-electron chi connectivity index (χ0n) is 43.7. The molecule has 4 heteroatoms. The molecule has 0 N–H and O–H groups in total. The molecular weight excluding hydrogens is 969 g/mol. The molecule has 0 radical (unpaired) electrons. The molecule has 0 bridgehead atoms. The number of rotatable bonds is 11. The maximum atomic E-state index is 2.43. The van der Waals surface area contributed by atoms with Crippen molar-refractivity contribution in [3.8, 4) is 44.8 Å². The normalized spacial score (nSPS) is 11.8. The van der Waals surface area contributed by atoms with Crippen molar-refractivity contribution in [1.29, 1.82) is 0 Å². The van der Waals surface area contributed by atoms with Gasteiger partial charge in [0.2, 0.25) is 0 Å². The Morgan fingerprint density at radius 3 is 0.812 bits per heavy atom. The molecule has 0 fully saturated rings. The summed E-state index contributed by atoms with van der Waals surface area (Å²) >= 11 is 0. The van der Waals surface area contributed by atoms with Crippen LogP contribution in [0.3, 0.4) is 0 Å². The van der Waals surface area contributed by atoms with E-state index >= 15 is 0 Å². The van der Waals surface area contributed by atoms with Crippen molar-refractivity contribution < 1.29 is 0 Å². The minimum absolute atomic E-state index is 1.07. The largest absolute Gasteiger partial charge is 0.310 e. The van der Waals surface area contributed by atoms with Gasteiger partial charge in [0.1, 0.15) is 0 Å². The highest BCUT2D eigenvalue weighted by atomic mass is 15.2. The molecule has 4 nitrogen and oxygen atoms in total. The van der Waals surface area contributed by atoms with Gasteiger partial charge in [-0.2, -0.15) is 0 Å². The quantitative estimate of drug-likeness (QED) is 0.120. The van der Waals surface area contributed by atoms with E-state index in [1.165, 1.54) is 87.4 Å². The van der Waals surface area contributed by atoms with Crippen LogP contribution in [0.4, 0.5) is 34.1 Å². The van der Waals surface area contributed by atoms with Gasteiger partial charge in [0.05, 0.1) is 22.1 Å². The van der Waals surface area contributed by atoms with E-state index < -0.39 is 0 Å². The van der Waals surface area contributed by atoms with Crippen LogP contribution in [0.5, 0.6) is 0 Å². The summed E-state index contributed by atoms with van der Waals surface area (Å²) in [4.78, 5) is 4.82. The molecule has 2 aromatic heterocycles. The first-order chi connectivity index (χ1) is 39.7. The Kier molecular flexibility index (Phi) is 10.5. The third kappa shape index (κ3) is 7.45. The van der Waals surface area contributed by atoms with Gasteiger partial charge in [-0.3, -0.25) is 0 Å². The number of hydrogen-bond donors (Lipinski definition) is 0. The van der Waals surface area contributed by atoms with Gasteiger partial charge in [-0.1, -0.05) is 194 Å². The lowest BCUT2D eigenvalue weighted by atomic mass is 10.00. The van der Waals surface area contributed by atoms with Crippen LogP contribution in [0.15, 0.2) is 303 Å². The van der Waals surface area contributed by atoms with Gasteiger partial charge < -0.3 is 18.9 Å². The fourth-order valence-corrected chi connectivity index (χ4v) is 12.7. The standard InChI is InChI=1S/C76H50N4/c1-5-15-51(16-6-1)53-31-39-63(40-32-53)77(67-47-59-29-27-57-19-13-25-69-73(57)75(59)71(49-67)79(69)61-21-9-3-10-22-61)65-43-35-55(36-44-65)56-37-45-66(46-38-56)78(64-41-33-54(34-42-64)52-17-7-2-8-18-52)68-48-60-30-28-58-20-14-26-70-74(58)76(60)72(50-68)80(70)62-23-11-4-12-24-62/h1-50H. The Morgan fingerprint density at radius 1 is 0.188 bits per heavy atom. The summed E-state index contributed by atoms with van der Waals surface area (Å²) in [7, 11) is 0. The van der Waals surface area contributed by atoms with Crippen LogP contribution in [0.2, 0.25) is 0 Å². The Hall–Kier alpha value is -10.7. The predicted octanol–water partition coefficient (Wildman–Crippen LogP) is 21.0. The van der Waals surface area contributed by atoms with Crippen LogP contribution in [0, 0.1) is 0 Å². The third-order valence-corrected chi connectivity index (χ3v) is 16.4. The molecule has 16 rings (SSSR count). The number of para-hydroxylation sites is 2. The van der Waals surface area contributed by atoms with E-state index in [0.29, 0.717) is 0 Å². The molecule has 0 unspecified atom stereocenters. The fourth-order valence-electron chi connectivity index (χ4n) is 12.7. The molecule has 0 atom stereocenters. The average Bonchev–Trinajstić information content (AvgIpc) is 4.09.